The van der Waals surface area contributed by atoms with Crippen molar-refractivity contribution in [2.75, 3.05) is 18.0 Å². The van der Waals surface area contributed by atoms with Gasteiger partial charge in [-0.25, -0.2) is 4.68 Å². The van der Waals surface area contributed by atoms with Crippen LogP contribution in [0.4, 0.5) is 5.69 Å². The second-order valence-electron chi connectivity index (χ2n) is 7.32. The maximum atomic E-state index is 12.0. The third-order valence-corrected chi connectivity index (χ3v) is 5.96. The lowest BCUT2D eigenvalue weighted by Gasteiger charge is -2.57. The van der Waals surface area contributed by atoms with E-state index < -0.39 is 0 Å². The Morgan fingerprint density at radius 2 is 1.96 bits per heavy atom. The molecule has 1 aromatic carbocycles. The van der Waals surface area contributed by atoms with Crippen LogP contribution in [-0.2, 0) is 13.6 Å². The molecule has 3 saturated heterocycles. The van der Waals surface area contributed by atoms with Gasteiger partial charge in [0, 0.05) is 38.8 Å². The highest BCUT2D eigenvalue weighted by Crippen LogP contribution is 2.37. The molecule has 6 heteroatoms. The van der Waals surface area contributed by atoms with Crippen LogP contribution in [0.2, 0.25) is 5.02 Å². The molecule has 2 unspecified atom stereocenters. The van der Waals surface area contributed by atoms with Crippen LogP contribution in [0.15, 0.2) is 29.2 Å². The van der Waals surface area contributed by atoms with E-state index in [0.717, 1.165) is 25.3 Å². The molecular weight excluding hydrogens is 336 g/mol. The van der Waals surface area contributed by atoms with Gasteiger partial charge in [0.15, 0.2) is 0 Å². The minimum atomic E-state index is -0.231. The van der Waals surface area contributed by atoms with Gasteiger partial charge >= 0.3 is 0 Å². The molecule has 3 aliphatic rings. The van der Waals surface area contributed by atoms with E-state index in [2.05, 4.69) is 46.9 Å². The zero-order valence-electron chi connectivity index (χ0n) is 14.9. The van der Waals surface area contributed by atoms with Crippen LogP contribution >= 0.6 is 11.6 Å². The number of halogens is 1. The summed E-state index contributed by atoms with van der Waals surface area (Å²) in [4.78, 5) is 16.8. The van der Waals surface area contributed by atoms with Gasteiger partial charge in [-0.1, -0.05) is 35.4 Å². The van der Waals surface area contributed by atoms with E-state index in [1.165, 1.54) is 27.8 Å². The second-order valence-corrected chi connectivity index (χ2v) is 7.70. The number of aromatic nitrogens is 2. The minimum absolute atomic E-state index is 0.231. The molecule has 2 bridgehead atoms. The molecular formula is C19H23ClN4O. The Morgan fingerprint density at radius 1 is 1.24 bits per heavy atom. The third-order valence-electron chi connectivity index (χ3n) is 5.60. The number of fused-ring (bicyclic) bond motifs is 2. The van der Waals surface area contributed by atoms with Crippen molar-refractivity contribution >= 4 is 17.3 Å². The van der Waals surface area contributed by atoms with Crippen LogP contribution in [0.5, 0.6) is 0 Å². The molecule has 0 aliphatic carbocycles. The third kappa shape index (κ3) is 2.85. The number of benzene rings is 1. The van der Waals surface area contributed by atoms with Crippen LogP contribution in [0.3, 0.4) is 0 Å². The Bertz CT molecular complexity index is 866. The average Bonchev–Trinajstić information content (AvgIpc) is 2.60. The molecule has 0 radical (unpaired) electrons. The molecule has 0 amide bonds. The molecule has 25 heavy (non-hydrogen) atoms. The Labute approximate surface area is 152 Å². The number of rotatable bonds is 3. The van der Waals surface area contributed by atoms with E-state index in [1.807, 2.05) is 0 Å². The number of piperazine rings is 1. The zero-order valence-corrected chi connectivity index (χ0v) is 15.6. The van der Waals surface area contributed by atoms with Crippen molar-refractivity contribution in [3.8, 4) is 0 Å². The Balaban J connectivity index is 1.50. The first-order chi connectivity index (χ1) is 11.9. The van der Waals surface area contributed by atoms with Gasteiger partial charge < -0.3 is 4.90 Å². The van der Waals surface area contributed by atoms with Crippen LogP contribution in [0, 0.1) is 13.8 Å². The lowest BCUT2D eigenvalue weighted by atomic mass is 9.86. The molecule has 132 valence electrons. The molecule has 3 fully saturated rings. The summed E-state index contributed by atoms with van der Waals surface area (Å²) in [6, 6.07) is 7.70. The summed E-state index contributed by atoms with van der Waals surface area (Å²) in [5.41, 5.74) is 4.62. The molecule has 0 N–H and O–H groups in total. The monoisotopic (exact) mass is 358 g/mol. The van der Waals surface area contributed by atoms with Crippen LogP contribution in [0.1, 0.15) is 23.1 Å². The van der Waals surface area contributed by atoms with Gasteiger partial charge in [-0.2, -0.15) is 5.10 Å². The standard InChI is InChI=1S/C19H23ClN4O/c1-12-4-5-13(2)14(6-12)9-24-15-7-16(24)11-23(10-15)17-8-21-22(3)19(25)18(17)20/h4-6,8,15-16H,7,9-11H2,1-3H3. The Hall–Kier alpha value is -1.85. The van der Waals surface area contributed by atoms with Crippen LogP contribution in [0.25, 0.3) is 0 Å². The summed E-state index contributed by atoms with van der Waals surface area (Å²) in [6.07, 6.45) is 2.93. The summed E-state index contributed by atoms with van der Waals surface area (Å²) < 4.78 is 1.28. The van der Waals surface area contributed by atoms with Crippen molar-refractivity contribution in [2.24, 2.45) is 7.05 Å². The van der Waals surface area contributed by atoms with Crippen LogP contribution in [-0.4, -0.2) is 39.9 Å². The fraction of sp³-hybridized carbons (Fsp3) is 0.474. The molecule has 0 saturated carbocycles. The zero-order chi connectivity index (χ0) is 17.7. The number of piperidine rings is 1. The smallest absolute Gasteiger partial charge is 0.287 e. The molecule has 5 nitrogen and oxygen atoms in total. The first-order valence-electron chi connectivity index (χ1n) is 8.72. The summed E-state index contributed by atoms with van der Waals surface area (Å²) in [5.74, 6) is 0. The topological polar surface area (TPSA) is 41.4 Å². The summed E-state index contributed by atoms with van der Waals surface area (Å²) >= 11 is 6.27. The van der Waals surface area contributed by atoms with Gasteiger partial charge in [0.1, 0.15) is 5.02 Å². The predicted octanol–water partition coefficient (Wildman–Crippen LogP) is 2.51. The fourth-order valence-corrected chi connectivity index (χ4v) is 4.32. The first kappa shape index (κ1) is 16.6. The van der Waals surface area contributed by atoms with Crippen molar-refractivity contribution in [1.29, 1.82) is 0 Å². The SMILES string of the molecule is Cc1ccc(C)c(CN2C3CC2CN(c2cnn(C)c(=O)c2Cl)C3)c1. The highest BCUT2D eigenvalue weighted by molar-refractivity contribution is 6.33. The summed E-state index contributed by atoms with van der Waals surface area (Å²) in [5, 5.41) is 4.40. The number of hydrogen-bond donors (Lipinski definition) is 0. The van der Waals surface area contributed by atoms with Crippen molar-refractivity contribution in [2.45, 2.75) is 38.9 Å². The molecule has 4 heterocycles. The van der Waals surface area contributed by atoms with E-state index in [4.69, 9.17) is 11.6 Å². The molecule has 2 atom stereocenters. The van der Waals surface area contributed by atoms with E-state index in [1.54, 1.807) is 13.2 Å². The maximum Gasteiger partial charge on any atom is 0.287 e. The number of anilines is 1. The summed E-state index contributed by atoms with van der Waals surface area (Å²) in [7, 11) is 1.62. The lowest BCUT2D eigenvalue weighted by molar-refractivity contribution is -0.00860. The highest BCUT2D eigenvalue weighted by atomic mass is 35.5. The second kappa shape index (κ2) is 6.15. The average molecular weight is 359 g/mol. The quantitative estimate of drug-likeness (QED) is 0.845. The predicted molar refractivity (Wildman–Crippen MR) is 100 cm³/mol. The molecule has 3 aliphatic heterocycles. The minimum Gasteiger partial charge on any atom is -0.366 e. The van der Waals surface area contributed by atoms with E-state index in [9.17, 15) is 4.79 Å². The number of aryl methyl sites for hydroxylation is 3. The van der Waals surface area contributed by atoms with Crippen molar-refractivity contribution in [3.05, 3.63) is 56.5 Å². The molecule has 2 aromatic rings. The van der Waals surface area contributed by atoms with E-state index in [-0.39, 0.29) is 10.6 Å². The highest BCUT2D eigenvalue weighted by Gasteiger charge is 2.45. The van der Waals surface area contributed by atoms with Crippen molar-refractivity contribution in [1.82, 2.24) is 14.7 Å². The molecule has 5 rings (SSSR count). The molecule has 1 aromatic heterocycles. The van der Waals surface area contributed by atoms with E-state index >= 15 is 0 Å². The normalized spacial score (nSPS) is 22.8. The maximum absolute atomic E-state index is 12.0. The van der Waals surface area contributed by atoms with Crippen molar-refractivity contribution in [3.63, 3.8) is 0 Å². The fourth-order valence-electron chi connectivity index (χ4n) is 4.03. The van der Waals surface area contributed by atoms with Gasteiger partial charge in [-0.05, 0) is 31.4 Å². The largest absolute Gasteiger partial charge is 0.366 e. The van der Waals surface area contributed by atoms with Crippen molar-refractivity contribution < 1.29 is 0 Å². The first-order valence-corrected chi connectivity index (χ1v) is 9.10. The summed E-state index contributed by atoms with van der Waals surface area (Å²) in [6.45, 7) is 7.12. The van der Waals surface area contributed by atoms with E-state index in [0.29, 0.717) is 12.1 Å². The molecule has 0 spiro atoms. The van der Waals surface area contributed by atoms with Gasteiger partial charge in [0.2, 0.25) is 0 Å². The Morgan fingerprint density at radius 3 is 2.68 bits per heavy atom. The van der Waals surface area contributed by atoms with Gasteiger partial charge in [-0.15, -0.1) is 0 Å². The lowest BCUT2D eigenvalue weighted by Crippen LogP contribution is -2.68. The number of hydrogen-bond acceptors (Lipinski definition) is 4. The van der Waals surface area contributed by atoms with Gasteiger partial charge in [-0.3, -0.25) is 9.69 Å². The number of nitrogens with zero attached hydrogens (tertiary/aromatic N) is 4. The van der Waals surface area contributed by atoms with Gasteiger partial charge in [0.25, 0.3) is 5.56 Å². The Kier molecular flexibility index (Phi) is 4.08. The van der Waals surface area contributed by atoms with Crippen LogP contribution < -0.4 is 10.5 Å². The van der Waals surface area contributed by atoms with Gasteiger partial charge in [0.05, 0.1) is 11.9 Å².